The third-order valence-corrected chi connectivity index (χ3v) is 7.04. The number of methoxy groups -OCH3 is 1. The smallest absolute Gasteiger partial charge is 0.240 e. The lowest BCUT2D eigenvalue weighted by Gasteiger charge is -2.12. The van der Waals surface area contributed by atoms with Crippen LogP contribution in [0, 0.1) is 6.92 Å². The van der Waals surface area contributed by atoms with Gasteiger partial charge < -0.3 is 19.8 Å². The molecule has 1 aliphatic rings. The predicted molar refractivity (Wildman–Crippen MR) is 129 cm³/mol. The molecule has 182 valence electrons. The maximum atomic E-state index is 12.6. The number of nitrogens with zero attached hydrogens (tertiary/aromatic N) is 3. The summed E-state index contributed by atoms with van der Waals surface area (Å²) in [5.41, 5.74) is 3.05. The van der Waals surface area contributed by atoms with E-state index in [0.717, 1.165) is 30.1 Å². The van der Waals surface area contributed by atoms with E-state index in [1.165, 1.54) is 0 Å². The summed E-state index contributed by atoms with van der Waals surface area (Å²) in [6.07, 6.45) is 3.43. The van der Waals surface area contributed by atoms with Gasteiger partial charge in [-0.05, 0) is 50.1 Å². The van der Waals surface area contributed by atoms with Gasteiger partial charge in [-0.2, -0.15) is 0 Å². The van der Waals surface area contributed by atoms with Crippen LogP contribution in [-0.2, 0) is 19.5 Å². The van der Waals surface area contributed by atoms with Crippen LogP contribution in [0.4, 0.5) is 11.6 Å². The van der Waals surface area contributed by atoms with Crippen LogP contribution in [0.3, 0.4) is 0 Å². The molecule has 3 N–H and O–H groups in total. The molecule has 3 heterocycles. The maximum Gasteiger partial charge on any atom is 0.240 e. The van der Waals surface area contributed by atoms with Crippen LogP contribution in [0.1, 0.15) is 37.2 Å². The van der Waals surface area contributed by atoms with Crippen molar-refractivity contribution in [3.63, 3.8) is 0 Å². The number of H-pyrrole nitrogens is 1. The average Bonchev–Trinajstić information content (AvgIpc) is 3.48. The lowest BCUT2D eigenvalue weighted by atomic mass is 10.1. The molecule has 34 heavy (non-hydrogen) atoms. The van der Waals surface area contributed by atoms with Crippen LogP contribution in [0.25, 0.3) is 11.4 Å². The number of benzene rings is 1. The molecule has 2 aromatic heterocycles. The summed E-state index contributed by atoms with van der Waals surface area (Å²) in [5.74, 6) is 1.30. The van der Waals surface area contributed by atoms with E-state index in [9.17, 15) is 8.42 Å². The molecule has 0 amide bonds. The van der Waals surface area contributed by atoms with Crippen LogP contribution in [-0.4, -0.2) is 61.3 Å². The van der Waals surface area contributed by atoms with E-state index in [2.05, 4.69) is 36.9 Å². The largest absolute Gasteiger partial charge is 0.384 e. The Hall–Kier alpha value is -2.86. The van der Waals surface area contributed by atoms with Gasteiger partial charge in [-0.15, -0.1) is 0 Å². The number of aryl methyl sites for hydroxylation is 1. The van der Waals surface area contributed by atoms with Crippen molar-refractivity contribution < 1.29 is 17.9 Å². The summed E-state index contributed by atoms with van der Waals surface area (Å²) >= 11 is 0. The number of aromatic amines is 1. The Bertz CT molecular complexity index is 1210. The van der Waals surface area contributed by atoms with Crippen LogP contribution in [0.2, 0.25) is 0 Å². The van der Waals surface area contributed by atoms with E-state index >= 15 is 0 Å². The van der Waals surface area contributed by atoms with E-state index in [4.69, 9.17) is 9.47 Å². The molecule has 10 nitrogen and oxygen atoms in total. The molecular formula is C23H30N6O4S. The second kappa shape index (κ2) is 10.6. The molecule has 0 saturated carbocycles. The summed E-state index contributed by atoms with van der Waals surface area (Å²) in [5, 5.41) is 3.13. The van der Waals surface area contributed by atoms with Gasteiger partial charge in [0, 0.05) is 43.8 Å². The standard InChI is InChI=1S/C23H30N6O4S/c1-15(14-32-3)21-22(27-16(2)26-21)20-10-11-24-23(29-20)28-17-6-8-19(9-7-17)34(30,31)25-13-18-5-4-12-33-18/h6-11,15,18,25H,4-5,12-14H2,1-3H3,(H,26,27)(H,24,28,29). The van der Waals surface area contributed by atoms with Crippen molar-refractivity contribution in [3.8, 4) is 11.4 Å². The summed E-state index contributed by atoms with van der Waals surface area (Å²) in [4.78, 5) is 17.0. The molecule has 11 heteroatoms. The third-order valence-electron chi connectivity index (χ3n) is 5.60. The summed E-state index contributed by atoms with van der Waals surface area (Å²) in [6, 6.07) is 8.26. The van der Waals surface area contributed by atoms with Gasteiger partial charge in [0.1, 0.15) is 11.5 Å². The zero-order valence-corrected chi connectivity index (χ0v) is 20.4. The maximum absolute atomic E-state index is 12.6. The lowest BCUT2D eigenvalue weighted by Crippen LogP contribution is -2.31. The highest BCUT2D eigenvalue weighted by Crippen LogP contribution is 2.27. The molecule has 0 bridgehead atoms. The Kier molecular flexibility index (Phi) is 7.57. The van der Waals surface area contributed by atoms with Crippen molar-refractivity contribution in [2.45, 2.75) is 43.6 Å². The van der Waals surface area contributed by atoms with E-state index in [1.54, 1.807) is 43.6 Å². The van der Waals surface area contributed by atoms with Crippen molar-refractivity contribution in [1.82, 2.24) is 24.7 Å². The molecule has 1 saturated heterocycles. The molecule has 0 radical (unpaired) electrons. The molecule has 2 atom stereocenters. The van der Waals surface area contributed by atoms with Crippen LogP contribution >= 0.6 is 0 Å². The summed E-state index contributed by atoms with van der Waals surface area (Å²) < 4.78 is 38.5. The number of nitrogens with one attached hydrogen (secondary N) is 3. The number of aromatic nitrogens is 4. The van der Waals surface area contributed by atoms with Gasteiger partial charge in [-0.25, -0.2) is 28.1 Å². The first-order valence-electron chi connectivity index (χ1n) is 11.2. The Morgan fingerprint density at radius 1 is 1.24 bits per heavy atom. The van der Waals surface area contributed by atoms with Crippen molar-refractivity contribution in [1.29, 1.82) is 0 Å². The fraction of sp³-hybridized carbons (Fsp3) is 0.435. The van der Waals surface area contributed by atoms with Gasteiger partial charge >= 0.3 is 0 Å². The minimum absolute atomic E-state index is 0.0588. The van der Waals surface area contributed by atoms with Gasteiger partial charge in [0.15, 0.2) is 0 Å². The first-order valence-corrected chi connectivity index (χ1v) is 12.7. The number of sulfonamides is 1. The van der Waals surface area contributed by atoms with Gasteiger partial charge in [0.05, 0.1) is 23.3 Å². The molecule has 1 aliphatic heterocycles. The molecule has 0 aliphatic carbocycles. The van der Waals surface area contributed by atoms with Crippen molar-refractivity contribution in [3.05, 3.63) is 48.0 Å². The average molecular weight is 487 g/mol. The number of hydrogen-bond donors (Lipinski definition) is 3. The molecule has 3 aromatic rings. The molecular weight excluding hydrogens is 456 g/mol. The quantitative estimate of drug-likeness (QED) is 0.398. The Labute approximate surface area is 199 Å². The fourth-order valence-corrected chi connectivity index (χ4v) is 4.95. The van der Waals surface area contributed by atoms with Crippen LogP contribution < -0.4 is 10.0 Å². The Morgan fingerprint density at radius 2 is 2.03 bits per heavy atom. The number of hydrogen-bond acceptors (Lipinski definition) is 8. The molecule has 4 rings (SSSR count). The second-order valence-electron chi connectivity index (χ2n) is 8.34. The number of anilines is 2. The highest BCUT2D eigenvalue weighted by Gasteiger charge is 2.21. The predicted octanol–water partition coefficient (Wildman–Crippen LogP) is 3.13. The molecule has 1 aromatic carbocycles. The van der Waals surface area contributed by atoms with E-state index in [1.807, 2.05) is 6.92 Å². The zero-order valence-electron chi connectivity index (χ0n) is 19.5. The van der Waals surface area contributed by atoms with Gasteiger partial charge in [0.25, 0.3) is 0 Å². The highest BCUT2D eigenvalue weighted by atomic mass is 32.2. The fourth-order valence-electron chi connectivity index (χ4n) is 3.88. The SMILES string of the molecule is COCC(C)c1[nH]c(C)nc1-c1ccnc(Nc2ccc(S(=O)(=O)NCC3CCCO3)cc2)n1. The molecule has 0 spiro atoms. The van der Waals surface area contributed by atoms with Crippen LogP contribution in [0.15, 0.2) is 41.4 Å². The molecule has 1 fully saturated rings. The second-order valence-corrected chi connectivity index (χ2v) is 10.1. The summed E-state index contributed by atoms with van der Waals surface area (Å²) in [7, 11) is -1.94. The van der Waals surface area contributed by atoms with Gasteiger partial charge in [-0.1, -0.05) is 6.92 Å². The van der Waals surface area contributed by atoms with Crippen molar-refractivity contribution >= 4 is 21.7 Å². The first kappa shape index (κ1) is 24.3. The van der Waals surface area contributed by atoms with E-state index in [-0.39, 0.29) is 23.5 Å². The normalized spacial score (nSPS) is 17.1. The number of imidazole rings is 1. The Balaban J connectivity index is 1.46. The molecule has 2 unspecified atom stereocenters. The minimum Gasteiger partial charge on any atom is -0.384 e. The van der Waals surface area contributed by atoms with E-state index < -0.39 is 10.0 Å². The van der Waals surface area contributed by atoms with Gasteiger partial charge in [0.2, 0.25) is 16.0 Å². The first-order chi connectivity index (χ1) is 16.4. The minimum atomic E-state index is -3.61. The van der Waals surface area contributed by atoms with Gasteiger partial charge in [-0.3, -0.25) is 0 Å². The van der Waals surface area contributed by atoms with E-state index in [0.29, 0.717) is 30.5 Å². The Morgan fingerprint density at radius 3 is 2.74 bits per heavy atom. The topological polar surface area (TPSA) is 131 Å². The van der Waals surface area contributed by atoms with Crippen LogP contribution in [0.5, 0.6) is 0 Å². The number of ether oxygens (including phenoxy) is 2. The third kappa shape index (κ3) is 5.79. The van der Waals surface area contributed by atoms with Crippen molar-refractivity contribution in [2.24, 2.45) is 0 Å². The highest BCUT2D eigenvalue weighted by molar-refractivity contribution is 7.89. The number of rotatable bonds is 10. The summed E-state index contributed by atoms with van der Waals surface area (Å²) in [6.45, 7) is 5.48. The monoisotopic (exact) mass is 486 g/mol. The lowest BCUT2D eigenvalue weighted by molar-refractivity contribution is 0.114. The zero-order chi connectivity index (χ0) is 24.1. The van der Waals surface area contributed by atoms with Crippen molar-refractivity contribution in [2.75, 3.05) is 32.2 Å².